The van der Waals surface area contributed by atoms with Crippen LogP contribution in [0.25, 0.3) is 0 Å². The molecule has 2 aliphatic heterocycles. The predicted octanol–water partition coefficient (Wildman–Crippen LogP) is 1.86. The Morgan fingerprint density at radius 2 is 2.00 bits per heavy atom. The molecule has 0 unspecified atom stereocenters. The molecule has 0 saturated carbocycles. The maximum atomic E-state index is 12.4. The van der Waals surface area contributed by atoms with E-state index < -0.39 is 0 Å². The van der Waals surface area contributed by atoms with E-state index in [1.54, 1.807) is 0 Å². The third-order valence-electron chi connectivity index (χ3n) is 5.16. The molecule has 2 heterocycles. The Hall–Kier alpha value is -1.59. The molecule has 3 rings (SSSR count). The van der Waals surface area contributed by atoms with E-state index in [4.69, 9.17) is 4.74 Å². The largest absolute Gasteiger partial charge is 0.381 e. The van der Waals surface area contributed by atoms with Crippen LogP contribution in [0.15, 0.2) is 24.3 Å². The number of nitrogens with one attached hydrogen (secondary N) is 1. The summed E-state index contributed by atoms with van der Waals surface area (Å²) in [6.07, 6.45) is 2.86. The normalized spacial score (nSPS) is 22.4. The van der Waals surface area contributed by atoms with Crippen LogP contribution in [0, 0.1) is 0 Å². The summed E-state index contributed by atoms with van der Waals surface area (Å²) in [5.41, 5.74) is 2.81. The van der Waals surface area contributed by atoms with Gasteiger partial charge in [-0.2, -0.15) is 0 Å². The van der Waals surface area contributed by atoms with Crippen molar-refractivity contribution in [2.45, 2.75) is 37.9 Å². The average molecular weight is 317 g/mol. The van der Waals surface area contributed by atoms with Crippen molar-refractivity contribution in [1.29, 1.82) is 0 Å². The fourth-order valence-electron chi connectivity index (χ4n) is 3.51. The van der Waals surface area contributed by atoms with Crippen LogP contribution in [0.1, 0.15) is 24.0 Å². The summed E-state index contributed by atoms with van der Waals surface area (Å²) in [5, 5.41) is 3.12. The second kappa shape index (κ2) is 7.32. The van der Waals surface area contributed by atoms with Gasteiger partial charge in [-0.05, 0) is 37.4 Å². The molecule has 126 valence electrons. The van der Waals surface area contributed by atoms with E-state index in [9.17, 15) is 4.79 Å². The summed E-state index contributed by atoms with van der Waals surface area (Å²) >= 11 is 0. The van der Waals surface area contributed by atoms with Gasteiger partial charge >= 0.3 is 6.03 Å². The smallest absolute Gasteiger partial charge is 0.317 e. The van der Waals surface area contributed by atoms with Crippen LogP contribution in [-0.2, 0) is 17.7 Å². The molecule has 5 heteroatoms. The molecule has 0 bridgehead atoms. The number of hydrogen-bond donors (Lipinski definition) is 1. The highest BCUT2D eigenvalue weighted by atomic mass is 16.5. The van der Waals surface area contributed by atoms with Crippen molar-refractivity contribution < 1.29 is 9.53 Å². The number of likely N-dealkylation sites (N-methyl/N-ethyl adjacent to an activating group) is 1. The summed E-state index contributed by atoms with van der Waals surface area (Å²) in [7, 11) is 4.03. The minimum atomic E-state index is 0.0316. The van der Waals surface area contributed by atoms with Gasteiger partial charge in [0.25, 0.3) is 0 Å². The summed E-state index contributed by atoms with van der Waals surface area (Å²) in [4.78, 5) is 16.6. The first-order chi connectivity index (χ1) is 11.1. The molecule has 1 fully saturated rings. The molecule has 1 atom stereocenters. The number of fused-ring (bicyclic) bond motifs is 1. The third-order valence-corrected chi connectivity index (χ3v) is 5.16. The number of benzene rings is 1. The van der Waals surface area contributed by atoms with Gasteiger partial charge in [0, 0.05) is 45.4 Å². The van der Waals surface area contributed by atoms with Crippen LogP contribution >= 0.6 is 0 Å². The van der Waals surface area contributed by atoms with E-state index in [0.717, 1.165) is 39.0 Å². The van der Waals surface area contributed by atoms with Crippen molar-refractivity contribution in [2.75, 3.05) is 33.9 Å². The predicted molar refractivity (Wildman–Crippen MR) is 90.4 cm³/mol. The van der Waals surface area contributed by atoms with Gasteiger partial charge in [-0.1, -0.05) is 24.3 Å². The number of carbonyl (C=O) groups is 1. The van der Waals surface area contributed by atoms with Gasteiger partial charge in [-0.25, -0.2) is 4.79 Å². The lowest BCUT2D eigenvalue weighted by molar-refractivity contribution is 0.0522. The highest BCUT2D eigenvalue weighted by Crippen LogP contribution is 2.21. The zero-order valence-corrected chi connectivity index (χ0v) is 14.1. The van der Waals surface area contributed by atoms with Gasteiger partial charge < -0.3 is 15.0 Å². The van der Waals surface area contributed by atoms with Gasteiger partial charge in [0.15, 0.2) is 0 Å². The summed E-state index contributed by atoms with van der Waals surface area (Å²) < 4.78 is 5.37. The lowest BCUT2D eigenvalue weighted by Gasteiger charge is -2.35. The minimum absolute atomic E-state index is 0.0316. The second-order valence-electron chi connectivity index (χ2n) is 6.68. The Kier molecular flexibility index (Phi) is 5.18. The van der Waals surface area contributed by atoms with Crippen molar-refractivity contribution in [3.05, 3.63) is 35.4 Å². The zero-order chi connectivity index (χ0) is 16.2. The van der Waals surface area contributed by atoms with E-state index in [2.05, 4.69) is 41.5 Å². The zero-order valence-electron chi connectivity index (χ0n) is 14.1. The molecule has 0 radical (unpaired) electrons. The van der Waals surface area contributed by atoms with Crippen molar-refractivity contribution in [3.63, 3.8) is 0 Å². The number of carbonyl (C=O) groups excluding carboxylic acids is 1. The van der Waals surface area contributed by atoms with E-state index in [1.807, 2.05) is 11.9 Å². The highest BCUT2D eigenvalue weighted by molar-refractivity contribution is 5.74. The Labute approximate surface area is 138 Å². The van der Waals surface area contributed by atoms with Crippen molar-refractivity contribution in [2.24, 2.45) is 0 Å². The Morgan fingerprint density at radius 1 is 1.30 bits per heavy atom. The molecular weight excluding hydrogens is 290 g/mol. The molecule has 2 aliphatic rings. The summed E-state index contributed by atoms with van der Waals surface area (Å²) in [6, 6.07) is 9.27. The fourth-order valence-corrected chi connectivity index (χ4v) is 3.51. The number of ether oxygens (including phenoxy) is 1. The minimum Gasteiger partial charge on any atom is -0.381 e. The monoisotopic (exact) mass is 317 g/mol. The average Bonchev–Trinajstić information content (AvgIpc) is 2.59. The van der Waals surface area contributed by atoms with Crippen LogP contribution in [0.2, 0.25) is 0 Å². The van der Waals surface area contributed by atoms with E-state index >= 15 is 0 Å². The van der Waals surface area contributed by atoms with Crippen molar-refractivity contribution in [3.8, 4) is 0 Å². The Balaban J connectivity index is 1.52. The van der Waals surface area contributed by atoms with E-state index in [1.165, 1.54) is 11.1 Å². The second-order valence-corrected chi connectivity index (χ2v) is 6.68. The summed E-state index contributed by atoms with van der Waals surface area (Å²) in [5.74, 6) is 0. The Bertz CT molecular complexity index is 543. The molecule has 2 amide bonds. The van der Waals surface area contributed by atoms with Crippen LogP contribution < -0.4 is 5.32 Å². The molecule has 1 aromatic rings. The van der Waals surface area contributed by atoms with Crippen LogP contribution in [0.3, 0.4) is 0 Å². The Morgan fingerprint density at radius 3 is 2.74 bits per heavy atom. The van der Waals surface area contributed by atoms with E-state index in [-0.39, 0.29) is 6.03 Å². The maximum Gasteiger partial charge on any atom is 0.317 e. The van der Waals surface area contributed by atoms with Crippen molar-refractivity contribution >= 4 is 6.03 Å². The highest BCUT2D eigenvalue weighted by Gasteiger charge is 2.26. The van der Waals surface area contributed by atoms with Crippen LogP contribution in [0.5, 0.6) is 0 Å². The fraction of sp³-hybridized carbons (Fsp3) is 0.611. The molecule has 1 N–H and O–H groups in total. The lowest BCUT2D eigenvalue weighted by Crippen LogP contribution is -2.50. The molecule has 5 nitrogen and oxygen atoms in total. The van der Waals surface area contributed by atoms with Gasteiger partial charge in [0.2, 0.25) is 0 Å². The standard InChI is InChI=1S/C18H27N3O2/c1-20-13-15-6-4-3-5-14(15)11-17(20)12-19-18(22)21(2)16-7-9-23-10-8-16/h3-6,16-17H,7-13H2,1-2H3,(H,19,22)/t17-/m0/s1. The number of rotatable bonds is 3. The SMILES string of the molecule is CN(C(=O)NC[C@@H]1Cc2ccccc2CN1C)C1CCOCC1. The molecule has 1 aromatic carbocycles. The molecular formula is C18H27N3O2. The molecule has 0 spiro atoms. The molecule has 1 saturated heterocycles. The van der Waals surface area contributed by atoms with E-state index in [0.29, 0.717) is 18.6 Å². The van der Waals surface area contributed by atoms with Gasteiger partial charge in [0.1, 0.15) is 0 Å². The molecule has 0 aliphatic carbocycles. The van der Waals surface area contributed by atoms with Gasteiger partial charge in [-0.3, -0.25) is 4.90 Å². The first-order valence-corrected chi connectivity index (χ1v) is 8.50. The maximum absolute atomic E-state index is 12.4. The third kappa shape index (κ3) is 3.85. The molecule has 0 aromatic heterocycles. The first-order valence-electron chi connectivity index (χ1n) is 8.50. The number of nitrogens with zero attached hydrogens (tertiary/aromatic N) is 2. The quantitative estimate of drug-likeness (QED) is 0.925. The lowest BCUT2D eigenvalue weighted by atomic mass is 9.94. The van der Waals surface area contributed by atoms with Crippen LogP contribution in [-0.4, -0.2) is 61.8 Å². The molecule has 23 heavy (non-hydrogen) atoms. The number of urea groups is 1. The number of hydrogen-bond acceptors (Lipinski definition) is 3. The first kappa shape index (κ1) is 16.3. The number of amides is 2. The van der Waals surface area contributed by atoms with Crippen molar-refractivity contribution in [1.82, 2.24) is 15.1 Å². The topological polar surface area (TPSA) is 44.8 Å². The van der Waals surface area contributed by atoms with Gasteiger partial charge in [-0.15, -0.1) is 0 Å². The van der Waals surface area contributed by atoms with Crippen LogP contribution in [0.4, 0.5) is 4.79 Å². The summed E-state index contributed by atoms with van der Waals surface area (Å²) in [6.45, 7) is 3.15. The van der Waals surface area contributed by atoms with Gasteiger partial charge in [0.05, 0.1) is 0 Å².